The first-order valence-electron chi connectivity index (χ1n) is 5.93. The van der Waals surface area contributed by atoms with Crippen LogP contribution in [-0.4, -0.2) is 0 Å². The molecular weight excluding hydrogens is 236 g/mol. The van der Waals surface area contributed by atoms with E-state index in [2.05, 4.69) is 13.2 Å². The van der Waals surface area contributed by atoms with E-state index in [1.165, 1.54) is 0 Å². The zero-order chi connectivity index (χ0) is 14.9. The fourth-order valence-electron chi connectivity index (χ4n) is 1.02. The van der Waals surface area contributed by atoms with Gasteiger partial charge in [0, 0.05) is 19.3 Å². The molecule has 0 radical (unpaired) electrons. The molecule has 0 rings (SSSR count). The summed E-state index contributed by atoms with van der Waals surface area (Å²) in [6.45, 7) is 7.34. The zero-order valence-corrected chi connectivity index (χ0v) is 11.2. The maximum atomic E-state index is 8.18. The molecule has 0 N–H and O–H groups in total. The number of hydrogen-bond acceptors (Lipinski definition) is 4. The van der Waals surface area contributed by atoms with Crippen molar-refractivity contribution >= 4 is 0 Å². The lowest BCUT2D eigenvalue weighted by Gasteiger charge is -1.95. The molecule has 0 bridgehead atoms. The second-order valence-electron chi connectivity index (χ2n) is 3.81. The van der Waals surface area contributed by atoms with Crippen molar-refractivity contribution in [3.05, 3.63) is 24.3 Å². The van der Waals surface area contributed by atoms with E-state index in [-0.39, 0.29) is 0 Å². The quantitative estimate of drug-likeness (QED) is 0.643. The van der Waals surface area contributed by atoms with E-state index < -0.39 is 0 Å². The van der Waals surface area contributed by atoms with Crippen LogP contribution >= 0.6 is 0 Å². The highest BCUT2D eigenvalue weighted by molar-refractivity contribution is 5.03. The summed E-state index contributed by atoms with van der Waals surface area (Å²) in [6.07, 6.45) is 4.01. The van der Waals surface area contributed by atoms with Crippen LogP contribution in [0, 0.1) is 45.3 Å². The smallest absolute Gasteiger partial charge is 0.0666 e. The molecule has 0 aromatic rings. The fourth-order valence-corrected chi connectivity index (χ4v) is 1.02. The van der Waals surface area contributed by atoms with Crippen LogP contribution in [0.4, 0.5) is 0 Å². The summed E-state index contributed by atoms with van der Waals surface area (Å²) in [5.41, 5.74) is 1.85. The molecule has 0 saturated carbocycles. The Bertz CT molecular complexity index is 415. The van der Waals surface area contributed by atoms with Gasteiger partial charge in [0.2, 0.25) is 0 Å². The molecule has 0 heterocycles. The summed E-state index contributed by atoms with van der Waals surface area (Å²) < 4.78 is 0. The van der Waals surface area contributed by atoms with E-state index in [1.807, 2.05) is 24.3 Å². The van der Waals surface area contributed by atoms with Gasteiger partial charge in [-0.15, -0.1) is 0 Å². The minimum Gasteiger partial charge on any atom is -0.198 e. The van der Waals surface area contributed by atoms with Crippen LogP contribution in [0.1, 0.15) is 44.9 Å². The molecule has 0 aromatic carbocycles. The van der Waals surface area contributed by atoms with Crippen LogP contribution in [0.25, 0.3) is 0 Å². The maximum absolute atomic E-state index is 8.18. The van der Waals surface area contributed by atoms with Gasteiger partial charge in [0.05, 0.1) is 30.7 Å². The summed E-state index contributed by atoms with van der Waals surface area (Å²) in [5, 5.41) is 32.6. The van der Waals surface area contributed by atoms with Gasteiger partial charge < -0.3 is 0 Å². The van der Waals surface area contributed by atoms with Crippen molar-refractivity contribution in [2.45, 2.75) is 44.9 Å². The Balaban J connectivity index is 0. The average Bonchev–Trinajstić information content (AvgIpc) is 2.41. The van der Waals surface area contributed by atoms with Gasteiger partial charge in [-0.1, -0.05) is 24.3 Å². The lowest BCUT2D eigenvalue weighted by Crippen LogP contribution is -1.79. The van der Waals surface area contributed by atoms with Crippen LogP contribution in [0.15, 0.2) is 24.3 Å². The minimum atomic E-state index is 0.377. The van der Waals surface area contributed by atoms with E-state index in [0.717, 1.165) is 24.0 Å². The molecule has 0 saturated heterocycles. The maximum Gasteiger partial charge on any atom is 0.0666 e. The van der Waals surface area contributed by atoms with Gasteiger partial charge in [0.15, 0.2) is 0 Å². The predicted molar refractivity (Wildman–Crippen MR) is 73.1 cm³/mol. The summed E-state index contributed by atoms with van der Waals surface area (Å²) in [7, 11) is 0. The molecular formula is C15H18N4. The van der Waals surface area contributed by atoms with Gasteiger partial charge in [0.25, 0.3) is 0 Å². The number of nitrogens with zero attached hydrogens (tertiary/aromatic N) is 4. The molecule has 19 heavy (non-hydrogen) atoms. The highest BCUT2D eigenvalue weighted by atomic mass is 14.2. The Morgan fingerprint density at radius 2 is 1.00 bits per heavy atom. The Kier molecular flexibility index (Phi) is 15.3. The van der Waals surface area contributed by atoms with E-state index in [9.17, 15) is 0 Å². The number of nitriles is 4. The summed E-state index contributed by atoms with van der Waals surface area (Å²) in [4.78, 5) is 0. The molecule has 0 aliphatic rings. The number of allylic oxidation sites excluding steroid dienone is 2. The molecule has 0 unspecified atom stereocenters. The molecule has 0 fully saturated rings. The molecule has 0 spiro atoms. The van der Waals surface area contributed by atoms with E-state index >= 15 is 0 Å². The van der Waals surface area contributed by atoms with Crippen LogP contribution in [0.2, 0.25) is 0 Å². The third-order valence-electron chi connectivity index (χ3n) is 2.10. The molecule has 0 aliphatic carbocycles. The zero-order valence-electron chi connectivity index (χ0n) is 11.2. The van der Waals surface area contributed by atoms with E-state index in [1.54, 1.807) is 0 Å². The monoisotopic (exact) mass is 254 g/mol. The Labute approximate surface area is 115 Å². The van der Waals surface area contributed by atoms with Gasteiger partial charge >= 0.3 is 0 Å². The van der Waals surface area contributed by atoms with Crippen LogP contribution in [0.3, 0.4) is 0 Å². The predicted octanol–water partition coefficient (Wildman–Crippen LogP) is 3.91. The topological polar surface area (TPSA) is 95.2 Å². The fraction of sp³-hybridized carbons (Fsp3) is 0.467. The van der Waals surface area contributed by atoms with Gasteiger partial charge in [-0.3, -0.25) is 0 Å². The summed E-state index contributed by atoms with van der Waals surface area (Å²) >= 11 is 0. The largest absolute Gasteiger partial charge is 0.198 e. The van der Waals surface area contributed by atoms with Gasteiger partial charge in [0.1, 0.15) is 0 Å². The van der Waals surface area contributed by atoms with E-state index in [0.29, 0.717) is 32.1 Å². The van der Waals surface area contributed by atoms with Crippen molar-refractivity contribution < 1.29 is 0 Å². The molecule has 0 aromatic heterocycles. The number of hydrogen-bond donors (Lipinski definition) is 0. The Hall–Kier alpha value is -2.56. The molecule has 0 atom stereocenters. The van der Waals surface area contributed by atoms with Crippen LogP contribution in [0.5, 0.6) is 0 Å². The van der Waals surface area contributed by atoms with Crippen LogP contribution in [-0.2, 0) is 0 Å². The number of rotatable bonds is 7. The normalized spacial score (nSPS) is 7.58. The highest BCUT2D eigenvalue weighted by Gasteiger charge is 1.92. The van der Waals surface area contributed by atoms with Crippen molar-refractivity contribution in [3.8, 4) is 24.3 Å². The van der Waals surface area contributed by atoms with Crippen molar-refractivity contribution in [2.24, 2.45) is 0 Å². The lowest BCUT2D eigenvalue weighted by molar-refractivity contribution is 0.880. The summed E-state index contributed by atoms with van der Waals surface area (Å²) in [5.74, 6) is 0. The Morgan fingerprint density at radius 3 is 1.32 bits per heavy atom. The first kappa shape index (κ1) is 18.8. The van der Waals surface area contributed by atoms with E-state index in [4.69, 9.17) is 21.0 Å². The first-order valence-corrected chi connectivity index (χ1v) is 5.93. The molecule has 0 aliphatic heterocycles. The third kappa shape index (κ3) is 18.0. The SMILES string of the molecule is C=C(CC#N)CCC#N.C=C(CCC#N)CCC#N. The third-order valence-corrected chi connectivity index (χ3v) is 2.10. The first-order chi connectivity index (χ1) is 9.12. The minimum absolute atomic E-state index is 0.377. The van der Waals surface area contributed by atoms with Crippen molar-refractivity contribution in [3.63, 3.8) is 0 Å². The van der Waals surface area contributed by atoms with Gasteiger partial charge in [-0.25, -0.2) is 0 Å². The van der Waals surface area contributed by atoms with Crippen molar-refractivity contribution in [2.75, 3.05) is 0 Å². The highest BCUT2D eigenvalue weighted by Crippen LogP contribution is 2.07. The lowest BCUT2D eigenvalue weighted by atomic mass is 10.1. The molecule has 4 nitrogen and oxygen atoms in total. The molecule has 4 heteroatoms. The van der Waals surface area contributed by atoms with Crippen molar-refractivity contribution in [1.29, 1.82) is 21.0 Å². The Morgan fingerprint density at radius 1 is 0.632 bits per heavy atom. The second kappa shape index (κ2) is 15.4. The molecule has 98 valence electrons. The van der Waals surface area contributed by atoms with Gasteiger partial charge in [-0.2, -0.15) is 21.0 Å². The summed E-state index contributed by atoms with van der Waals surface area (Å²) in [6, 6.07) is 8.02. The standard InChI is InChI=1S/C8H10N2.C7H8N2/c1-8(4-2-6-9)5-3-7-10;1-7(4-6-9)3-2-5-8/h1-5H2;1-4H2. The second-order valence-corrected chi connectivity index (χ2v) is 3.81. The van der Waals surface area contributed by atoms with Crippen molar-refractivity contribution in [1.82, 2.24) is 0 Å². The van der Waals surface area contributed by atoms with Crippen LogP contribution < -0.4 is 0 Å². The average molecular weight is 254 g/mol. The molecule has 0 amide bonds. The van der Waals surface area contributed by atoms with Gasteiger partial charge in [-0.05, 0) is 19.3 Å².